The summed E-state index contributed by atoms with van der Waals surface area (Å²) in [5, 5.41) is 12.6. The Balaban J connectivity index is 2.07. The van der Waals surface area contributed by atoms with Gasteiger partial charge in [0.2, 0.25) is 6.29 Å². The minimum Gasteiger partial charge on any atom is -0.496 e. The van der Waals surface area contributed by atoms with Crippen LogP contribution in [0.5, 0.6) is 5.75 Å². The molecular formula is C26H29N3O8. The highest BCUT2D eigenvalue weighted by Gasteiger charge is 2.27. The van der Waals surface area contributed by atoms with Crippen molar-refractivity contribution in [2.75, 3.05) is 27.7 Å². The van der Waals surface area contributed by atoms with Crippen molar-refractivity contribution in [2.24, 2.45) is 5.92 Å². The third kappa shape index (κ3) is 6.63. The van der Waals surface area contributed by atoms with E-state index in [1.165, 1.54) is 58.5 Å². The summed E-state index contributed by atoms with van der Waals surface area (Å²) in [6.45, 7) is 5.51. The molecule has 0 aliphatic heterocycles. The molecule has 0 spiro atoms. The predicted molar refractivity (Wildman–Crippen MR) is 133 cm³/mol. The fraction of sp³-hybridized carbons (Fsp3) is 0.346. The number of pyridine rings is 1. The zero-order valence-corrected chi connectivity index (χ0v) is 21.1. The smallest absolute Gasteiger partial charge is 0.412 e. The van der Waals surface area contributed by atoms with Crippen molar-refractivity contribution < 1.29 is 38.5 Å². The van der Waals surface area contributed by atoms with E-state index in [1.54, 1.807) is 0 Å². The summed E-state index contributed by atoms with van der Waals surface area (Å²) >= 11 is 0. The Morgan fingerprint density at radius 2 is 1.89 bits per heavy atom. The average Bonchev–Trinajstić information content (AvgIpc) is 3.70. The van der Waals surface area contributed by atoms with Crippen molar-refractivity contribution in [1.82, 2.24) is 15.2 Å². The molecule has 0 bridgehead atoms. The second-order valence-corrected chi connectivity index (χ2v) is 8.65. The first-order chi connectivity index (χ1) is 17.5. The quantitative estimate of drug-likeness (QED) is 0.362. The molecule has 3 rings (SSSR count). The number of esters is 1. The Hall–Kier alpha value is -4.41. The first kappa shape index (κ1) is 27.2. The van der Waals surface area contributed by atoms with Crippen LogP contribution in [0.1, 0.15) is 56.7 Å². The standard InChI is InChI=1S/C26H29N3O8/c1-6-16-11-19(24(31)32)18(12-21(16)35-5)17-9-10-20(23(30)27-13-15-7-8-15)28-22(17)25(33)36-14(2)37-26(34)29(3)4/h6,9-12,14-15H,1,7-8,13H2,2-5H3,(H,27,30)(H,31,32). The van der Waals surface area contributed by atoms with E-state index in [1.807, 2.05) is 0 Å². The van der Waals surface area contributed by atoms with E-state index in [0.29, 0.717) is 23.8 Å². The van der Waals surface area contributed by atoms with Crippen LogP contribution in [-0.2, 0) is 9.47 Å². The molecule has 1 fully saturated rings. The molecule has 196 valence electrons. The van der Waals surface area contributed by atoms with Gasteiger partial charge >= 0.3 is 18.0 Å². The van der Waals surface area contributed by atoms with Gasteiger partial charge in [-0.1, -0.05) is 12.7 Å². The minimum atomic E-state index is -1.29. The molecule has 1 unspecified atom stereocenters. The molecule has 11 heteroatoms. The van der Waals surface area contributed by atoms with Gasteiger partial charge in [0.15, 0.2) is 5.69 Å². The molecule has 37 heavy (non-hydrogen) atoms. The number of amides is 2. The maximum absolute atomic E-state index is 13.2. The average molecular weight is 512 g/mol. The van der Waals surface area contributed by atoms with Crippen LogP contribution >= 0.6 is 0 Å². The minimum absolute atomic E-state index is 0.0548. The van der Waals surface area contributed by atoms with E-state index in [2.05, 4.69) is 16.9 Å². The number of carbonyl (C=O) groups is 4. The molecule has 2 amide bonds. The van der Waals surface area contributed by atoms with Crippen molar-refractivity contribution in [2.45, 2.75) is 26.1 Å². The van der Waals surface area contributed by atoms with E-state index in [0.717, 1.165) is 17.7 Å². The maximum atomic E-state index is 13.2. The van der Waals surface area contributed by atoms with Crippen molar-refractivity contribution in [1.29, 1.82) is 0 Å². The van der Waals surface area contributed by atoms with Crippen molar-refractivity contribution in [3.05, 3.63) is 53.4 Å². The number of carboxylic acid groups (broad SMARTS) is 1. The molecule has 1 heterocycles. The van der Waals surface area contributed by atoms with Gasteiger partial charge in [-0.25, -0.2) is 19.4 Å². The molecular weight excluding hydrogens is 482 g/mol. The zero-order valence-electron chi connectivity index (χ0n) is 21.1. The molecule has 1 aliphatic carbocycles. The summed E-state index contributed by atoms with van der Waals surface area (Å²) in [6.07, 6.45) is 1.49. The van der Waals surface area contributed by atoms with Crippen LogP contribution in [0.25, 0.3) is 17.2 Å². The highest BCUT2D eigenvalue weighted by molar-refractivity contribution is 6.03. The van der Waals surface area contributed by atoms with Crippen molar-refractivity contribution in [3.63, 3.8) is 0 Å². The van der Waals surface area contributed by atoms with E-state index < -0.39 is 30.2 Å². The molecule has 11 nitrogen and oxygen atoms in total. The second-order valence-electron chi connectivity index (χ2n) is 8.65. The van der Waals surface area contributed by atoms with Gasteiger partial charge in [-0.2, -0.15) is 0 Å². The van der Waals surface area contributed by atoms with Crippen LogP contribution < -0.4 is 10.1 Å². The third-order valence-corrected chi connectivity index (χ3v) is 5.58. The SMILES string of the molecule is C=Cc1cc(C(=O)O)c(-c2ccc(C(=O)NCC3CC3)nc2C(=O)OC(C)OC(=O)N(C)C)cc1OC. The molecule has 2 aromatic rings. The van der Waals surface area contributed by atoms with Crippen LogP contribution in [0.15, 0.2) is 30.8 Å². The number of hydrogen-bond donors (Lipinski definition) is 2. The fourth-order valence-corrected chi connectivity index (χ4v) is 3.42. The van der Waals surface area contributed by atoms with E-state index in [9.17, 15) is 24.3 Å². The Labute approximate surface area is 214 Å². The number of ether oxygens (including phenoxy) is 3. The van der Waals surface area contributed by atoms with Gasteiger partial charge in [-0.15, -0.1) is 0 Å². The highest BCUT2D eigenvalue weighted by Crippen LogP contribution is 2.34. The Morgan fingerprint density at radius 3 is 2.46 bits per heavy atom. The number of rotatable bonds is 10. The lowest BCUT2D eigenvalue weighted by Gasteiger charge is -2.19. The monoisotopic (exact) mass is 511 g/mol. The maximum Gasteiger partial charge on any atom is 0.412 e. The van der Waals surface area contributed by atoms with Crippen LogP contribution in [-0.4, -0.2) is 73.0 Å². The van der Waals surface area contributed by atoms with Crippen molar-refractivity contribution in [3.8, 4) is 16.9 Å². The molecule has 1 aromatic carbocycles. The first-order valence-electron chi connectivity index (χ1n) is 11.5. The Morgan fingerprint density at radius 1 is 1.19 bits per heavy atom. The molecule has 2 N–H and O–H groups in total. The summed E-state index contributed by atoms with van der Waals surface area (Å²) in [6, 6.07) is 5.61. The molecule has 0 radical (unpaired) electrons. The highest BCUT2D eigenvalue weighted by atomic mass is 16.7. The summed E-state index contributed by atoms with van der Waals surface area (Å²) in [4.78, 5) is 55.2. The van der Waals surface area contributed by atoms with Crippen LogP contribution in [0.2, 0.25) is 0 Å². The van der Waals surface area contributed by atoms with E-state index >= 15 is 0 Å². The second kappa shape index (κ2) is 11.5. The van der Waals surface area contributed by atoms with Gasteiger partial charge in [0.25, 0.3) is 5.91 Å². The lowest BCUT2D eigenvalue weighted by Crippen LogP contribution is -2.30. The number of nitrogens with one attached hydrogen (secondary N) is 1. The van der Waals surface area contributed by atoms with Crippen LogP contribution in [0.3, 0.4) is 0 Å². The molecule has 0 saturated heterocycles. The normalized spacial score (nSPS) is 13.2. The zero-order chi connectivity index (χ0) is 27.3. The number of aromatic carboxylic acids is 1. The van der Waals surface area contributed by atoms with Gasteiger partial charge < -0.3 is 29.5 Å². The molecule has 1 aliphatic rings. The van der Waals surface area contributed by atoms with Gasteiger partial charge in [0.05, 0.1) is 12.7 Å². The predicted octanol–water partition coefficient (Wildman–Crippen LogP) is 3.44. The van der Waals surface area contributed by atoms with Crippen LogP contribution in [0.4, 0.5) is 4.79 Å². The Bertz CT molecular complexity index is 1240. The number of nitrogens with zero attached hydrogens (tertiary/aromatic N) is 2. The third-order valence-electron chi connectivity index (χ3n) is 5.58. The van der Waals surface area contributed by atoms with Gasteiger partial charge in [-0.3, -0.25) is 4.79 Å². The van der Waals surface area contributed by atoms with Crippen LogP contribution in [0, 0.1) is 5.92 Å². The van der Waals surface area contributed by atoms with Crippen molar-refractivity contribution >= 4 is 30.0 Å². The van der Waals surface area contributed by atoms with E-state index in [4.69, 9.17) is 14.2 Å². The number of aromatic nitrogens is 1. The largest absolute Gasteiger partial charge is 0.496 e. The number of benzene rings is 1. The van der Waals surface area contributed by atoms with Gasteiger partial charge in [-0.05, 0) is 43.0 Å². The Kier molecular flexibility index (Phi) is 8.49. The summed E-state index contributed by atoms with van der Waals surface area (Å²) < 4.78 is 15.7. The van der Waals surface area contributed by atoms with Gasteiger partial charge in [0, 0.05) is 44.3 Å². The fourth-order valence-electron chi connectivity index (χ4n) is 3.42. The molecule has 1 saturated carbocycles. The number of hydrogen-bond acceptors (Lipinski definition) is 8. The topological polar surface area (TPSA) is 144 Å². The number of methoxy groups -OCH3 is 1. The lowest BCUT2D eigenvalue weighted by molar-refractivity contribution is -0.0668. The summed E-state index contributed by atoms with van der Waals surface area (Å²) in [5.41, 5.74) is 0.0904. The number of carboxylic acids is 1. The molecule has 1 atom stereocenters. The molecule has 1 aromatic heterocycles. The first-order valence-corrected chi connectivity index (χ1v) is 11.5. The lowest BCUT2D eigenvalue weighted by atomic mass is 9.95. The number of carbonyl (C=O) groups excluding carboxylic acids is 3. The van der Waals surface area contributed by atoms with E-state index in [-0.39, 0.29) is 28.1 Å². The summed E-state index contributed by atoms with van der Waals surface area (Å²) in [5.74, 6) is -2.03. The summed E-state index contributed by atoms with van der Waals surface area (Å²) in [7, 11) is 4.34. The van der Waals surface area contributed by atoms with Gasteiger partial charge in [0.1, 0.15) is 11.4 Å².